The quantitative estimate of drug-likeness (QED) is 0.737. The molecule has 0 amide bonds. The average molecular weight is 290 g/mol. The highest BCUT2D eigenvalue weighted by Gasteiger charge is 2.13. The Bertz CT molecular complexity index is 674. The lowest BCUT2D eigenvalue weighted by atomic mass is 10.1. The molecule has 0 fully saturated rings. The van der Waals surface area contributed by atoms with Crippen LogP contribution in [0.5, 0.6) is 5.75 Å². The smallest absolute Gasteiger partial charge is 0.338 e. The third kappa shape index (κ3) is 3.42. The standard InChI is InChI=1S/C15H15FN2O3/c1-21-10-4-2-3-9(5-10)8-18-14-7-12(16)11(15(19)20)6-13(14)17/h2-7,18H,8,17H2,1H3,(H,19,20). The number of anilines is 2. The molecule has 21 heavy (non-hydrogen) atoms. The molecule has 0 radical (unpaired) electrons. The molecule has 0 unspecified atom stereocenters. The first-order chi connectivity index (χ1) is 10.0. The van der Waals surface area contributed by atoms with Gasteiger partial charge in [-0.15, -0.1) is 0 Å². The van der Waals surface area contributed by atoms with Gasteiger partial charge in [-0.3, -0.25) is 0 Å². The Labute approximate surface area is 121 Å². The number of hydrogen-bond acceptors (Lipinski definition) is 4. The van der Waals surface area contributed by atoms with Crippen molar-refractivity contribution in [3.05, 3.63) is 53.3 Å². The molecule has 110 valence electrons. The molecule has 0 atom stereocenters. The fourth-order valence-corrected chi connectivity index (χ4v) is 1.89. The summed E-state index contributed by atoms with van der Waals surface area (Å²) < 4.78 is 18.7. The van der Waals surface area contributed by atoms with Gasteiger partial charge in [-0.05, 0) is 29.8 Å². The van der Waals surface area contributed by atoms with Gasteiger partial charge in [-0.25, -0.2) is 9.18 Å². The number of nitrogen functional groups attached to an aromatic ring is 1. The largest absolute Gasteiger partial charge is 0.497 e. The van der Waals surface area contributed by atoms with Crippen LogP contribution in [0, 0.1) is 5.82 Å². The molecule has 2 rings (SSSR count). The first-order valence-electron chi connectivity index (χ1n) is 6.20. The molecule has 2 aromatic carbocycles. The van der Waals surface area contributed by atoms with Gasteiger partial charge in [0.05, 0.1) is 24.0 Å². The van der Waals surface area contributed by atoms with E-state index in [9.17, 15) is 9.18 Å². The van der Waals surface area contributed by atoms with Crippen molar-refractivity contribution in [2.24, 2.45) is 0 Å². The average Bonchev–Trinajstić information content (AvgIpc) is 2.47. The number of carboxylic acid groups (broad SMARTS) is 1. The highest BCUT2D eigenvalue weighted by atomic mass is 19.1. The van der Waals surface area contributed by atoms with E-state index in [4.69, 9.17) is 15.6 Å². The molecule has 5 nitrogen and oxygen atoms in total. The highest BCUT2D eigenvalue weighted by Crippen LogP contribution is 2.24. The van der Waals surface area contributed by atoms with Crippen molar-refractivity contribution in [3.8, 4) is 5.75 Å². The number of halogens is 1. The van der Waals surface area contributed by atoms with Gasteiger partial charge in [0.2, 0.25) is 0 Å². The molecule has 0 saturated heterocycles. The first-order valence-corrected chi connectivity index (χ1v) is 6.20. The summed E-state index contributed by atoms with van der Waals surface area (Å²) in [5.74, 6) is -1.46. The molecule has 2 aromatic rings. The predicted molar refractivity (Wildman–Crippen MR) is 78.1 cm³/mol. The van der Waals surface area contributed by atoms with Crippen LogP contribution in [0.3, 0.4) is 0 Å². The fourth-order valence-electron chi connectivity index (χ4n) is 1.89. The number of ether oxygens (including phenoxy) is 1. The van der Waals surface area contributed by atoms with Gasteiger partial charge in [-0.1, -0.05) is 12.1 Å². The fraction of sp³-hybridized carbons (Fsp3) is 0.133. The zero-order valence-electron chi connectivity index (χ0n) is 11.4. The molecule has 0 bridgehead atoms. The van der Waals surface area contributed by atoms with Crippen molar-refractivity contribution in [2.45, 2.75) is 6.54 Å². The second-order valence-corrected chi connectivity index (χ2v) is 4.43. The van der Waals surface area contributed by atoms with E-state index in [1.807, 2.05) is 24.3 Å². The van der Waals surface area contributed by atoms with Gasteiger partial charge < -0.3 is 20.9 Å². The zero-order chi connectivity index (χ0) is 15.4. The van der Waals surface area contributed by atoms with E-state index >= 15 is 0 Å². The lowest BCUT2D eigenvalue weighted by Crippen LogP contribution is -2.07. The van der Waals surface area contributed by atoms with Crippen molar-refractivity contribution < 1.29 is 19.0 Å². The van der Waals surface area contributed by atoms with E-state index in [1.165, 1.54) is 0 Å². The van der Waals surface area contributed by atoms with E-state index in [0.29, 0.717) is 12.2 Å². The molecule has 6 heteroatoms. The topological polar surface area (TPSA) is 84.6 Å². The van der Waals surface area contributed by atoms with Crippen LogP contribution in [-0.2, 0) is 6.54 Å². The Morgan fingerprint density at radius 3 is 2.81 bits per heavy atom. The minimum absolute atomic E-state index is 0.177. The molecule has 0 saturated carbocycles. The Kier molecular flexibility index (Phi) is 4.27. The highest BCUT2D eigenvalue weighted by molar-refractivity contribution is 5.90. The van der Waals surface area contributed by atoms with E-state index in [1.54, 1.807) is 7.11 Å². The number of nitrogens with one attached hydrogen (secondary N) is 1. The van der Waals surface area contributed by atoms with Gasteiger partial charge in [0, 0.05) is 6.54 Å². The summed E-state index contributed by atoms with van der Waals surface area (Å²) in [6.45, 7) is 0.410. The van der Waals surface area contributed by atoms with E-state index in [0.717, 1.165) is 23.4 Å². The molecule has 0 aromatic heterocycles. The summed E-state index contributed by atoms with van der Waals surface area (Å²) in [7, 11) is 1.57. The van der Waals surface area contributed by atoms with Crippen molar-refractivity contribution in [1.82, 2.24) is 0 Å². The molecule has 4 N–H and O–H groups in total. The van der Waals surface area contributed by atoms with E-state index in [-0.39, 0.29) is 5.69 Å². The van der Waals surface area contributed by atoms with Gasteiger partial charge in [0.15, 0.2) is 0 Å². The lowest BCUT2D eigenvalue weighted by Gasteiger charge is -2.11. The minimum Gasteiger partial charge on any atom is -0.497 e. The van der Waals surface area contributed by atoms with E-state index < -0.39 is 17.3 Å². The van der Waals surface area contributed by atoms with Crippen LogP contribution in [-0.4, -0.2) is 18.2 Å². The maximum atomic E-state index is 13.6. The van der Waals surface area contributed by atoms with Crippen LogP contribution >= 0.6 is 0 Å². The zero-order valence-corrected chi connectivity index (χ0v) is 11.4. The Morgan fingerprint density at radius 2 is 2.14 bits per heavy atom. The van der Waals surface area contributed by atoms with E-state index in [2.05, 4.69) is 5.32 Å². The maximum Gasteiger partial charge on any atom is 0.338 e. The predicted octanol–water partition coefficient (Wildman–Crippen LogP) is 2.73. The first kappa shape index (κ1) is 14.6. The Morgan fingerprint density at radius 1 is 1.38 bits per heavy atom. The Balaban J connectivity index is 2.16. The summed E-state index contributed by atoms with van der Waals surface area (Å²) in [6, 6.07) is 9.57. The third-order valence-electron chi connectivity index (χ3n) is 2.99. The molecular weight excluding hydrogens is 275 g/mol. The van der Waals surface area contributed by atoms with Crippen molar-refractivity contribution >= 4 is 17.3 Å². The molecule has 0 heterocycles. The van der Waals surface area contributed by atoms with Crippen molar-refractivity contribution in [2.75, 3.05) is 18.2 Å². The lowest BCUT2D eigenvalue weighted by molar-refractivity contribution is 0.0692. The second-order valence-electron chi connectivity index (χ2n) is 4.43. The number of aromatic carboxylic acids is 1. The summed E-state index contributed by atoms with van der Waals surface area (Å²) in [5.41, 5.74) is 6.74. The summed E-state index contributed by atoms with van der Waals surface area (Å²) in [5, 5.41) is 11.8. The number of benzene rings is 2. The van der Waals surface area contributed by atoms with Crippen molar-refractivity contribution in [3.63, 3.8) is 0 Å². The monoisotopic (exact) mass is 290 g/mol. The maximum absolute atomic E-state index is 13.6. The summed E-state index contributed by atoms with van der Waals surface area (Å²) >= 11 is 0. The SMILES string of the molecule is COc1cccc(CNc2cc(F)c(C(=O)O)cc2N)c1. The molecule has 0 aliphatic carbocycles. The molecule has 0 spiro atoms. The van der Waals surface area contributed by atoms with Crippen LogP contribution in [0.25, 0.3) is 0 Å². The summed E-state index contributed by atoms with van der Waals surface area (Å²) in [4.78, 5) is 10.8. The van der Waals surface area contributed by atoms with Crippen molar-refractivity contribution in [1.29, 1.82) is 0 Å². The molecule has 0 aliphatic rings. The number of carboxylic acids is 1. The van der Waals surface area contributed by atoms with Gasteiger partial charge >= 0.3 is 5.97 Å². The number of nitrogens with two attached hydrogens (primary N) is 1. The summed E-state index contributed by atoms with van der Waals surface area (Å²) in [6.07, 6.45) is 0. The molecule has 0 aliphatic heterocycles. The van der Waals surface area contributed by atoms with Gasteiger partial charge in [0.1, 0.15) is 11.6 Å². The number of methoxy groups -OCH3 is 1. The number of hydrogen-bond donors (Lipinski definition) is 3. The molecular formula is C15H15FN2O3. The van der Waals surface area contributed by atoms with Crippen LogP contribution in [0.2, 0.25) is 0 Å². The minimum atomic E-state index is -1.35. The van der Waals surface area contributed by atoms with Crippen LogP contribution in [0.4, 0.5) is 15.8 Å². The van der Waals surface area contributed by atoms with Crippen LogP contribution in [0.1, 0.15) is 15.9 Å². The van der Waals surface area contributed by atoms with Crippen LogP contribution in [0.15, 0.2) is 36.4 Å². The normalized spacial score (nSPS) is 10.2. The number of carbonyl (C=O) groups is 1. The van der Waals surface area contributed by atoms with Gasteiger partial charge in [0.25, 0.3) is 0 Å². The van der Waals surface area contributed by atoms with Gasteiger partial charge in [-0.2, -0.15) is 0 Å². The van der Waals surface area contributed by atoms with Crippen LogP contribution < -0.4 is 15.8 Å². The number of rotatable bonds is 5. The second kappa shape index (κ2) is 6.13. The third-order valence-corrected chi connectivity index (χ3v) is 2.99. The Hall–Kier alpha value is -2.76.